The number of hydrogen-bond donors (Lipinski definition) is 1. The Kier molecular flexibility index (Phi) is 4.34. The van der Waals surface area contributed by atoms with Crippen LogP contribution in [0, 0.1) is 0 Å². The predicted octanol–water partition coefficient (Wildman–Crippen LogP) is 0.897. The van der Waals surface area contributed by atoms with Crippen molar-refractivity contribution in [3.63, 3.8) is 0 Å². The molecule has 0 saturated carbocycles. The van der Waals surface area contributed by atoms with Crippen LogP contribution in [0.3, 0.4) is 0 Å². The fourth-order valence-corrected chi connectivity index (χ4v) is 4.23. The van der Waals surface area contributed by atoms with Gasteiger partial charge in [0.05, 0.1) is 11.1 Å². The number of rotatable bonds is 2. The summed E-state index contributed by atoms with van der Waals surface area (Å²) in [6.07, 6.45) is 1.98. The van der Waals surface area contributed by atoms with Gasteiger partial charge in [0.25, 0.3) is 11.8 Å². The highest BCUT2D eigenvalue weighted by Gasteiger charge is 2.45. The molecule has 0 radical (unpaired) electrons. The molecule has 1 aromatic rings. The lowest BCUT2D eigenvalue weighted by atomic mass is 9.96. The molecule has 1 unspecified atom stereocenters. The standard InChI is InChI=1S/C20H23N3O4/c1-11(2)22-7-5-12-9-14-15(10-13(12)6-8-22)20(27)23(19(14)26)16-3-4-17(24)21-18(16)25/h9-11,16H,3-8H2,1-2H3,(H,21,24,25). The Balaban J connectivity index is 1.64. The van der Waals surface area contributed by atoms with Gasteiger partial charge in [-0.1, -0.05) is 0 Å². The molecule has 3 heterocycles. The molecule has 1 aromatic carbocycles. The quantitative estimate of drug-likeness (QED) is 0.783. The highest BCUT2D eigenvalue weighted by molar-refractivity contribution is 6.23. The molecule has 0 bridgehead atoms. The Morgan fingerprint density at radius 3 is 1.96 bits per heavy atom. The Hall–Kier alpha value is -2.54. The number of carbonyl (C=O) groups excluding carboxylic acids is 4. The second-order valence-electron chi connectivity index (χ2n) is 7.74. The second kappa shape index (κ2) is 6.56. The summed E-state index contributed by atoms with van der Waals surface area (Å²) in [4.78, 5) is 52.8. The molecule has 1 fully saturated rings. The number of hydrogen-bond acceptors (Lipinski definition) is 5. The molecular formula is C20H23N3O4. The number of nitrogens with zero attached hydrogens (tertiary/aromatic N) is 2. The normalized spacial score (nSPS) is 23.4. The predicted molar refractivity (Wildman–Crippen MR) is 97.2 cm³/mol. The van der Waals surface area contributed by atoms with E-state index in [1.54, 1.807) is 0 Å². The zero-order chi connectivity index (χ0) is 19.3. The average Bonchev–Trinajstić information content (AvgIpc) is 2.77. The summed E-state index contributed by atoms with van der Waals surface area (Å²) in [5.74, 6) is -1.81. The minimum Gasteiger partial charge on any atom is -0.300 e. The summed E-state index contributed by atoms with van der Waals surface area (Å²) in [5.41, 5.74) is 2.95. The first kappa shape index (κ1) is 17.9. The van der Waals surface area contributed by atoms with Crippen molar-refractivity contribution in [3.05, 3.63) is 34.4 Å². The molecule has 7 nitrogen and oxygen atoms in total. The second-order valence-corrected chi connectivity index (χ2v) is 7.74. The van der Waals surface area contributed by atoms with Gasteiger partial charge in [0.1, 0.15) is 6.04 Å². The molecule has 1 N–H and O–H groups in total. The molecule has 142 valence electrons. The van der Waals surface area contributed by atoms with E-state index in [-0.39, 0.29) is 18.7 Å². The lowest BCUT2D eigenvalue weighted by molar-refractivity contribution is -0.136. The third-order valence-corrected chi connectivity index (χ3v) is 5.83. The maximum Gasteiger partial charge on any atom is 0.262 e. The van der Waals surface area contributed by atoms with Crippen molar-refractivity contribution in [2.24, 2.45) is 0 Å². The summed E-state index contributed by atoms with van der Waals surface area (Å²) in [5, 5.41) is 2.22. The monoisotopic (exact) mass is 369 g/mol. The number of amides is 4. The highest BCUT2D eigenvalue weighted by Crippen LogP contribution is 2.31. The highest BCUT2D eigenvalue weighted by atomic mass is 16.2. The Morgan fingerprint density at radius 1 is 0.926 bits per heavy atom. The number of benzene rings is 1. The van der Waals surface area contributed by atoms with Gasteiger partial charge in [-0.3, -0.25) is 29.4 Å². The minimum absolute atomic E-state index is 0.130. The molecule has 3 aliphatic rings. The van der Waals surface area contributed by atoms with Gasteiger partial charge in [-0.05, 0) is 56.4 Å². The third kappa shape index (κ3) is 2.96. The molecule has 1 saturated heterocycles. The molecule has 4 rings (SSSR count). The smallest absolute Gasteiger partial charge is 0.262 e. The molecule has 4 amide bonds. The van der Waals surface area contributed by atoms with Crippen LogP contribution in [0.15, 0.2) is 12.1 Å². The van der Waals surface area contributed by atoms with Crippen LogP contribution < -0.4 is 5.32 Å². The van der Waals surface area contributed by atoms with Crippen molar-refractivity contribution in [1.29, 1.82) is 0 Å². The van der Waals surface area contributed by atoms with Crippen molar-refractivity contribution in [2.45, 2.75) is 51.6 Å². The van der Waals surface area contributed by atoms with E-state index in [2.05, 4.69) is 24.1 Å². The van der Waals surface area contributed by atoms with Crippen LogP contribution in [0.5, 0.6) is 0 Å². The van der Waals surface area contributed by atoms with E-state index < -0.39 is 23.8 Å². The summed E-state index contributed by atoms with van der Waals surface area (Å²) in [6, 6.07) is 3.21. The number of carbonyl (C=O) groups is 4. The van der Waals surface area contributed by atoms with Gasteiger partial charge >= 0.3 is 0 Å². The van der Waals surface area contributed by atoms with Crippen molar-refractivity contribution in [1.82, 2.24) is 15.1 Å². The van der Waals surface area contributed by atoms with Crippen LogP contribution in [0.1, 0.15) is 58.5 Å². The number of imide groups is 2. The van der Waals surface area contributed by atoms with Crippen molar-refractivity contribution >= 4 is 23.6 Å². The van der Waals surface area contributed by atoms with Gasteiger partial charge in [0, 0.05) is 25.6 Å². The maximum absolute atomic E-state index is 12.9. The van der Waals surface area contributed by atoms with Gasteiger partial charge in [0.2, 0.25) is 11.8 Å². The molecule has 3 aliphatic heterocycles. The minimum atomic E-state index is -0.911. The fraction of sp³-hybridized carbons (Fsp3) is 0.500. The first-order chi connectivity index (χ1) is 12.9. The molecule has 0 aromatic heterocycles. The fourth-order valence-electron chi connectivity index (χ4n) is 4.23. The van der Waals surface area contributed by atoms with E-state index in [4.69, 9.17) is 0 Å². The van der Waals surface area contributed by atoms with E-state index >= 15 is 0 Å². The van der Waals surface area contributed by atoms with Crippen LogP contribution in [0.25, 0.3) is 0 Å². The first-order valence-electron chi connectivity index (χ1n) is 9.48. The topological polar surface area (TPSA) is 86.8 Å². The molecule has 27 heavy (non-hydrogen) atoms. The van der Waals surface area contributed by atoms with Crippen molar-refractivity contribution < 1.29 is 19.2 Å². The largest absolute Gasteiger partial charge is 0.300 e. The Bertz CT molecular complexity index is 814. The van der Waals surface area contributed by atoms with Gasteiger partial charge in [-0.25, -0.2) is 0 Å². The van der Waals surface area contributed by atoms with Crippen molar-refractivity contribution in [2.75, 3.05) is 13.1 Å². The van der Waals surface area contributed by atoms with Crippen LogP contribution >= 0.6 is 0 Å². The molecule has 0 aliphatic carbocycles. The van der Waals surface area contributed by atoms with E-state index in [0.29, 0.717) is 17.2 Å². The van der Waals surface area contributed by atoms with Crippen LogP contribution in [0.2, 0.25) is 0 Å². The Labute approximate surface area is 157 Å². The molecule has 1 atom stereocenters. The number of piperidine rings is 1. The van der Waals surface area contributed by atoms with E-state index in [1.807, 2.05) is 12.1 Å². The number of fused-ring (bicyclic) bond motifs is 2. The van der Waals surface area contributed by atoms with Gasteiger partial charge in [0.15, 0.2) is 0 Å². The van der Waals surface area contributed by atoms with Crippen LogP contribution in [0.4, 0.5) is 0 Å². The first-order valence-corrected chi connectivity index (χ1v) is 9.48. The van der Waals surface area contributed by atoms with E-state index in [9.17, 15) is 19.2 Å². The third-order valence-electron chi connectivity index (χ3n) is 5.83. The summed E-state index contributed by atoms with van der Waals surface area (Å²) in [7, 11) is 0. The average molecular weight is 369 g/mol. The van der Waals surface area contributed by atoms with E-state index in [0.717, 1.165) is 42.0 Å². The summed E-state index contributed by atoms with van der Waals surface area (Å²) >= 11 is 0. The van der Waals surface area contributed by atoms with Crippen LogP contribution in [-0.2, 0) is 22.4 Å². The Morgan fingerprint density at radius 2 is 1.48 bits per heavy atom. The van der Waals surface area contributed by atoms with Crippen molar-refractivity contribution in [3.8, 4) is 0 Å². The molecular weight excluding hydrogens is 346 g/mol. The SMILES string of the molecule is CC(C)N1CCc2cc3c(cc2CC1)C(=O)N(C1CCC(=O)NC1=O)C3=O. The maximum atomic E-state index is 12.9. The molecule has 7 heteroatoms. The molecule has 0 spiro atoms. The lowest BCUT2D eigenvalue weighted by Gasteiger charge is -2.27. The van der Waals surface area contributed by atoms with Gasteiger partial charge in [-0.15, -0.1) is 0 Å². The summed E-state index contributed by atoms with van der Waals surface area (Å²) < 4.78 is 0. The zero-order valence-electron chi connectivity index (χ0n) is 15.6. The summed E-state index contributed by atoms with van der Waals surface area (Å²) in [6.45, 7) is 6.17. The van der Waals surface area contributed by atoms with Crippen LogP contribution in [-0.4, -0.2) is 58.6 Å². The van der Waals surface area contributed by atoms with E-state index in [1.165, 1.54) is 0 Å². The lowest BCUT2D eigenvalue weighted by Crippen LogP contribution is -2.54. The van der Waals surface area contributed by atoms with Gasteiger partial charge in [-0.2, -0.15) is 0 Å². The van der Waals surface area contributed by atoms with Gasteiger partial charge < -0.3 is 4.90 Å². The zero-order valence-corrected chi connectivity index (χ0v) is 15.6. The number of nitrogens with one attached hydrogen (secondary N) is 1.